The summed E-state index contributed by atoms with van der Waals surface area (Å²) in [5, 5.41) is 0.684. The number of aromatic nitrogens is 2. The van der Waals surface area contributed by atoms with E-state index in [0.29, 0.717) is 17.5 Å². The molecular formula is C22H22N2OS. The first kappa shape index (κ1) is 17.2. The molecule has 1 fully saturated rings. The van der Waals surface area contributed by atoms with Gasteiger partial charge in [0, 0.05) is 23.1 Å². The molecule has 0 saturated heterocycles. The highest BCUT2D eigenvalue weighted by Crippen LogP contribution is 2.50. The van der Waals surface area contributed by atoms with Crippen LogP contribution in [0.25, 0.3) is 11.3 Å². The van der Waals surface area contributed by atoms with E-state index in [1.807, 2.05) is 6.07 Å². The lowest BCUT2D eigenvalue weighted by atomic mass is 9.68. The molecule has 1 aromatic carbocycles. The van der Waals surface area contributed by atoms with Crippen molar-refractivity contribution < 1.29 is 0 Å². The number of thioether (sulfide) groups is 1. The van der Waals surface area contributed by atoms with Gasteiger partial charge < -0.3 is 0 Å². The van der Waals surface area contributed by atoms with Gasteiger partial charge in [-0.25, -0.2) is 4.98 Å². The molecule has 1 aromatic heterocycles. The fourth-order valence-electron chi connectivity index (χ4n) is 4.55. The fraction of sp³-hybridized carbons (Fsp3) is 0.364. The van der Waals surface area contributed by atoms with E-state index in [9.17, 15) is 4.79 Å². The summed E-state index contributed by atoms with van der Waals surface area (Å²) in [6.45, 7) is 4.26. The van der Waals surface area contributed by atoms with Crippen LogP contribution in [0, 0.1) is 12.3 Å². The lowest BCUT2D eigenvalue weighted by molar-refractivity contribution is 0.426. The van der Waals surface area contributed by atoms with Crippen LogP contribution >= 0.6 is 11.8 Å². The summed E-state index contributed by atoms with van der Waals surface area (Å²) in [7, 11) is 0. The van der Waals surface area contributed by atoms with E-state index in [1.165, 1.54) is 30.2 Å². The van der Waals surface area contributed by atoms with Crippen LogP contribution in [0.5, 0.6) is 0 Å². The maximum atomic E-state index is 13.3. The lowest BCUT2D eigenvalue weighted by Crippen LogP contribution is -2.37. The summed E-state index contributed by atoms with van der Waals surface area (Å²) in [5.41, 5.74) is 4.37. The second-order valence-corrected chi connectivity index (χ2v) is 8.07. The van der Waals surface area contributed by atoms with Crippen LogP contribution in [0.1, 0.15) is 36.8 Å². The van der Waals surface area contributed by atoms with Crippen molar-refractivity contribution in [1.29, 1.82) is 0 Å². The van der Waals surface area contributed by atoms with E-state index in [2.05, 4.69) is 30.7 Å². The van der Waals surface area contributed by atoms with Crippen LogP contribution < -0.4 is 5.56 Å². The van der Waals surface area contributed by atoms with Gasteiger partial charge in [-0.2, -0.15) is 0 Å². The molecule has 3 nitrogen and oxygen atoms in total. The molecular weight excluding hydrogens is 340 g/mol. The average molecular weight is 362 g/mol. The molecule has 0 radical (unpaired) electrons. The summed E-state index contributed by atoms with van der Waals surface area (Å²) in [6, 6.07) is 8.50. The van der Waals surface area contributed by atoms with Crippen molar-refractivity contribution in [3.8, 4) is 23.6 Å². The van der Waals surface area contributed by atoms with E-state index in [0.717, 1.165) is 36.1 Å². The fourth-order valence-corrected chi connectivity index (χ4v) is 5.23. The molecule has 0 aliphatic heterocycles. The third kappa shape index (κ3) is 2.62. The minimum atomic E-state index is 0.0650. The minimum absolute atomic E-state index is 0.0650. The van der Waals surface area contributed by atoms with Gasteiger partial charge >= 0.3 is 0 Å². The van der Waals surface area contributed by atoms with Crippen molar-refractivity contribution in [3.63, 3.8) is 0 Å². The van der Waals surface area contributed by atoms with Crippen LogP contribution in [-0.4, -0.2) is 15.3 Å². The van der Waals surface area contributed by atoms with Crippen LogP contribution in [-0.2, 0) is 18.4 Å². The summed E-state index contributed by atoms with van der Waals surface area (Å²) >= 11 is 1.44. The summed E-state index contributed by atoms with van der Waals surface area (Å²) in [4.78, 5) is 18.3. The zero-order chi connectivity index (χ0) is 18.1. The summed E-state index contributed by atoms with van der Waals surface area (Å²) < 4.78 is 1.73. The van der Waals surface area contributed by atoms with Crippen molar-refractivity contribution in [2.45, 2.75) is 49.2 Å². The van der Waals surface area contributed by atoms with Gasteiger partial charge in [-0.15, -0.1) is 13.0 Å². The average Bonchev–Trinajstić information content (AvgIpc) is 3.13. The van der Waals surface area contributed by atoms with E-state index in [1.54, 1.807) is 10.6 Å². The maximum Gasteiger partial charge on any atom is 0.258 e. The summed E-state index contributed by atoms with van der Waals surface area (Å²) in [5.74, 6) is 3.12. The number of allylic oxidation sites excluding steroid dienone is 1. The highest BCUT2D eigenvalue weighted by Gasteiger charge is 2.42. The topological polar surface area (TPSA) is 34.9 Å². The van der Waals surface area contributed by atoms with Crippen LogP contribution in [0.3, 0.4) is 0 Å². The number of fused-ring (bicyclic) bond motifs is 4. The lowest BCUT2D eigenvalue weighted by Gasteiger charge is -2.36. The number of hydrogen-bond donors (Lipinski definition) is 0. The predicted octanol–water partition coefficient (Wildman–Crippen LogP) is 4.19. The van der Waals surface area contributed by atoms with E-state index in [-0.39, 0.29) is 11.0 Å². The van der Waals surface area contributed by atoms with Crippen molar-refractivity contribution in [2.75, 3.05) is 5.75 Å². The van der Waals surface area contributed by atoms with Gasteiger partial charge in [-0.1, -0.05) is 60.9 Å². The third-order valence-electron chi connectivity index (χ3n) is 5.65. The molecule has 1 spiro atoms. The third-order valence-corrected chi connectivity index (χ3v) is 6.53. The molecule has 2 aromatic rings. The molecule has 4 heteroatoms. The van der Waals surface area contributed by atoms with Crippen molar-refractivity contribution in [1.82, 2.24) is 9.55 Å². The van der Waals surface area contributed by atoms with Crippen LogP contribution in [0.4, 0.5) is 0 Å². The van der Waals surface area contributed by atoms with E-state index in [4.69, 9.17) is 11.4 Å². The molecule has 0 N–H and O–H groups in total. The van der Waals surface area contributed by atoms with Crippen molar-refractivity contribution in [3.05, 3.63) is 58.4 Å². The summed E-state index contributed by atoms with van der Waals surface area (Å²) in [6.07, 6.45) is 12.7. The Labute approximate surface area is 158 Å². The quantitative estimate of drug-likeness (QED) is 0.354. The number of hydrogen-bond acceptors (Lipinski definition) is 3. The van der Waals surface area contributed by atoms with Gasteiger partial charge in [0.15, 0.2) is 5.16 Å². The SMILES string of the molecule is C#CCSc1nc2c(c(=O)n1CC=C)CC1(CCCC1)c1ccccc1-2. The second-order valence-electron chi connectivity index (χ2n) is 7.13. The molecule has 1 saturated carbocycles. The normalized spacial score (nSPS) is 16.7. The zero-order valence-electron chi connectivity index (χ0n) is 14.8. The standard InChI is InChI=1S/C22H22N2OS/c1-3-13-24-20(25)17-15-22(11-7-8-12-22)18-10-6-5-9-16(18)19(17)23-21(24)26-14-4-2/h2-3,5-6,9-10H,1,7-8,11-15H2. The van der Waals surface area contributed by atoms with Gasteiger partial charge in [0.1, 0.15) is 0 Å². The largest absolute Gasteiger partial charge is 0.283 e. The zero-order valence-corrected chi connectivity index (χ0v) is 15.6. The molecule has 2 aliphatic carbocycles. The van der Waals surface area contributed by atoms with Crippen LogP contribution in [0.15, 0.2) is 46.9 Å². The molecule has 0 amide bonds. The number of benzene rings is 1. The second kappa shape index (κ2) is 6.81. The molecule has 132 valence electrons. The Kier molecular flexibility index (Phi) is 4.50. The van der Waals surface area contributed by atoms with Gasteiger partial charge in [-0.3, -0.25) is 9.36 Å². The Morgan fingerprint density at radius 2 is 2.12 bits per heavy atom. The first-order valence-corrected chi connectivity index (χ1v) is 10.1. The molecule has 26 heavy (non-hydrogen) atoms. The molecule has 0 unspecified atom stereocenters. The number of terminal acetylenes is 1. The van der Waals surface area contributed by atoms with Gasteiger partial charge in [0.25, 0.3) is 5.56 Å². The number of rotatable bonds is 4. The van der Waals surface area contributed by atoms with Crippen LogP contribution in [0.2, 0.25) is 0 Å². The van der Waals surface area contributed by atoms with Crippen molar-refractivity contribution >= 4 is 11.8 Å². The highest BCUT2D eigenvalue weighted by molar-refractivity contribution is 7.99. The van der Waals surface area contributed by atoms with Gasteiger partial charge in [-0.05, 0) is 24.8 Å². The molecule has 1 heterocycles. The first-order valence-electron chi connectivity index (χ1n) is 9.11. The Morgan fingerprint density at radius 1 is 1.35 bits per heavy atom. The molecule has 0 atom stereocenters. The Bertz CT molecular complexity index is 961. The molecule has 2 aliphatic rings. The highest BCUT2D eigenvalue weighted by atomic mass is 32.2. The smallest absolute Gasteiger partial charge is 0.258 e. The van der Waals surface area contributed by atoms with E-state index < -0.39 is 0 Å². The monoisotopic (exact) mass is 362 g/mol. The molecule has 4 rings (SSSR count). The minimum Gasteiger partial charge on any atom is -0.283 e. The van der Waals surface area contributed by atoms with Gasteiger partial charge in [0.05, 0.1) is 11.4 Å². The van der Waals surface area contributed by atoms with E-state index >= 15 is 0 Å². The Morgan fingerprint density at radius 3 is 2.85 bits per heavy atom. The number of nitrogens with zero attached hydrogens (tertiary/aromatic N) is 2. The first-order chi connectivity index (χ1) is 12.7. The van der Waals surface area contributed by atoms with Crippen molar-refractivity contribution in [2.24, 2.45) is 0 Å². The van der Waals surface area contributed by atoms with Gasteiger partial charge in [0.2, 0.25) is 0 Å². The Balaban J connectivity index is 1.96. The molecule has 0 bridgehead atoms. The maximum absolute atomic E-state index is 13.3. The Hall–Kier alpha value is -2.25. The predicted molar refractivity (Wildman–Crippen MR) is 108 cm³/mol.